The number of nitrogens with two attached hydrogens (primary N) is 1. The van der Waals surface area contributed by atoms with Gasteiger partial charge in [0, 0.05) is 17.8 Å². The Kier molecular flexibility index (Phi) is 3.25. The van der Waals surface area contributed by atoms with Crippen molar-refractivity contribution in [2.75, 3.05) is 13.1 Å². The largest absolute Gasteiger partial charge is 0.329 e. The Morgan fingerprint density at radius 1 is 1.31 bits per heavy atom. The molecule has 0 spiro atoms. The molecule has 16 heavy (non-hydrogen) atoms. The van der Waals surface area contributed by atoms with Crippen molar-refractivity contribution in [1.82, 2.24) is 4.72 Å². The summed E-state index contributed by atoms with van der Waals surface area (Å²) >= 11 is 1.26. The van der Waals surface area contributed by atoms with Gasteiger partial charge in [0.2, 0.25) is 10.0 Å². The second kappa shape index (κ2) is 4.50. The van der Waals surface area contributed by atoms with Crippen molar-refractivity contribution in [3.8, 4) is 0 Å². The van der Waals surface area contributed by atoms with Crippen LogP contribution in [0.1, 0.15) is 0 Å². The van der Waals surface area contributed by atoms with Gasteiger partial charge in [-0.3, -0.25) is 0 Å². The van der Waals surface area contributed by atoms with Crippen molar-refractivity contribution in [2.45, 2.75) is 4.21 Å². The molecule has 6 heteroatoms. The van der Waals surface area contributed by atoms with Crippen molar-refractivity contribution < 1.29 is 8.42 Å². The third-order valence-electron chi connectivity index (χ3n) is 2.10. The molecule has 0 aliphatic rings. The standard InChI is InChI=1S/C10H12N2O2S2/c11-5-6-12-16(13,14)10-7-8-3-1-2-4-9(8)15-10/h1-4,7,12H,5-6,11H2. The number of rotatable bonds is 4. The van der Waals surface area contributed by atoms with E-state index in [-0.39, 0.29) is 6.54 Å². The predicted octanol–water partition coefficient (Wildman–Crippen LogP) is 1.14. The predicted molar refractivity (Wildman–Crippen MR) is 66.1 cm³/mol. The monoisotopic (exact) mass is 256 g/mol. The minimum atomic E-state index is -3.40. The molecule has 1 aromatic carbocycles. The fourth-order valence-electron chi connectivity index (χ4n) is 1.35. The van der Waals surface area contributed by atoms with Gasteiger partial charge in [-0.2, -0.15) is 0 Å². The Hall–Kier alpha value is -0.950. The lowest BCUT2D eigenvalue weighted by atomic mass is 10.3. The van der Waals surface area contributed by atoms with Crippen LogP contribution in [0.5, 0.6) is 0 Å². The van der Waals surface area contributed by atoms with Crippen molar-refractivity contribution in [3.63, 3.8) is 0 Å². The van der Waals surface area contributed by atoms with Crippen LogP contribution in [0.2, 0.25) is 0 Å². The molecule has 0 bridgehead atoms. The van der Waals surface area contributed by atoms with Gasteiger partial charge in [-0.05, 0) is 17.5 Å². The van der Waals surface area contributed by atoms with Gasteiger partial charge in [0.05, 0.1) is 0 Å². The highest BCUT2D eigenvalue weighted by Crippen LogP contribution is 2.28. The topological polar surface area (TPSA) is 72.2 Å². The number of thiophene rings is 1. The van der Waals surface area contributed by atoms with Gasteiger partial charge in [-0.15, -0.1) is 11.3 Å². The molecule has 0 saturated heterocycles. The molecule has 0 aliphatic heterocycles. The first-order chi connectivity index (χ1) is 7.63. The summed E-state index contributed by atoms with van der Waals surface area (Å²) < 4.78 is 27.4. The molecule has 0 radical (unpaired) electrons. The second-order valence-electron chi connectivity index (χ2n) is 3.29. The Balaban J connectivity index is 2.40. The SMILES string of the molecule is NCCNS(=O)(=O)c1cc2ccccc2s1. The first kappa shape index (κ1) is 11.5. The highest BCUT2D eigenvalue weighted by atomic mass is 32.2. The minimum Gasteiger partial charge on any atom is -0.329 e. The van der Waals surface area contributed by atoms with E-state index < -0.39 is 10.0 Å². The highest BCUT2D eigenvalue weighted by molar-refractivity contribution is 7.91. The van der Waals surface area contributed by atoms with E-state index in [0.717, 1.165) is 10.1 Å². The maximum atomic E-state index is 11.8. The molecule has 0 saturated carbocycles. The minimum absolute atomic E-state index is 0.260. The number of hydrogen-bond donors (Lipinski definition) is 2. The normalized spacial score (nSPS) is 12.1. The average Bonchev–Trinajstić information content (AvgIpc) is 2.71. The van der Waals surface area contributed by atoms with Crippen LogP contribution in [0.4, 0.5) is 0 Å². The maximum absolute atomic E-state index is 11.8. The smallest absolute Gasteiger partial charge is 0.250 e. The fourth-order valence-corrected chi connectivity index (χ4v) is 3.84. The van der Waals surface area contributed by atoms with Crippen molar-refractivity contribution in [1.29, 1.82) is 0 Å². The molecule has 2 rings (SSSR count). The third kappa shape index (κ3) is 2.25. The maximum Gasteiger partial charge on any atom is 0.250 e. The summed E-state index contributed by atoms with van der Waals surface area (Å²) in [5.74, 6) is 0. The van der Waals surface area contributed by atoms with E-state index in [1.807, 2.05) is 24.3 Å². The third-order valence-corrected chi connectivity index (χ3v) is 5.15. The van der Waals surface area contributed by atoms with E-state index in [9.17, 15) is 8.42 Å². The van der Waals surface area contributed by atoms with Crippen LogP contribution < -0.4 is 10.5 Å². The van der Waals surface area contributed by atoms with Crippen LogP contribution in [0, 0.1) is 0 Å². The Labute approximate surface area is 98.1 Å². The van der Waals surface area contributed by atoms with Crippen molar-refractivity contribution >= 4 is 31.4 Å². The van der Waals surface area contributed by atoms with Crippen LogP contribution in [-0.4, -0.2) is 21.5 Å². The lowest BCUT2D eigenvalue weighted by Gasteiger charge is -2.01. The number of nitrogens with one attached hydrogen (secondary N) is 1. The summed E-state index contributed by atoms with van der Waals surface area (Å²) in [5, 5.41) is 0.945. The van der Waals surface area contributed by atoms with Gasteiger partial charge in [0.15, 0.2) is 0 Å². The van der Waals surface area contributed by atoms with E-state index in [1.165, 1.54) is 11.3 Å². The summed E-state index contributed by atoms with van der Waals surface area (Å²) in [6, 6.07) is 9.26. The lowest BCUT2D eigenvalue weighted by Crippen LogP contribution is -2.28. The van der Waals surface area contributed by atoms with Gasteiger partial charge >= 0.3 is 0 Å². The lowest BCUT2D eigenvalue weighted by molar-refractivity contribution is 0.584. The van der Waals surface area contributed by atoms with Crippen LogP contribution in [0.3, 0.4) is 0 Å². The summed E-state index contributed by atoms with van der Waals surface area (Å²) in [7, 11) is -3.40. The molecule has 0 atom stereocenters. The van der Waals surface area contributed by atoms with E-state index in [4.69, 9.17) is 5.73 Å². The van der Waals surface area contributed by atoms with Crippen LogP contribution in [-0.2, 0) is 10.0 Å². The first-order valence-corrected chi connectivity index (χ1v) is 7.12. The Morgan fingerprint density at radius 3 is 2.75 bits per heavy atom. The number of fused-ring (bicyclic) bond motifs is 1. The summed E-state index contributed by atoms with van der Waals surface area (Å²) in [6.45, 7) is 0.556. The fraction of sp³-hybridized carbons (Fsp3) is 0.200. The van der Waals surface area contributed by atoms with Gasteiger partial charge in [-0.1, -0.05) is 18.2 Å². The molecule has 2 aromatic rings. The molecular formula is C10H12N2O2S2. The van der Waals surface area contributed by atoms with Gasteiger partial charge in [0.25, 0.3) is 0 Å². The number of benzene rings is 1. The molecule has 1 heterocycles. The Bertz CT molecular complexity index is 557. The molecule has 0 unspecified atom stereocenters. The molecule has 3 N–H and O–H groups in total. The molecule has 0 fully saturated rings. The van der Waals surface area contributed by atoms with Crippen molar-refractivity contribution in [2.24, 2.45) is 5.73 Å². The first-order valence-electron chi connectivity index (χ1n) is 4.82. The number of hydrogen-bond acceptors (Lipinski definition) is 4. The molecular weight excluding hydrogens is 244 g/mol. The van der Waals surface area contributed by atoms with E-state index in [2.05, 4.69) is 4.72 Å². The zero-order valence-electron chi connectivity index (χ0n) is 8.51. The van der Waals surface area contributed by atoms with Crippen LogP contribution >= 0.6 is 11.3 Å². The van der Waals surface area contributed by atoms with Gasteiger partial charge in [0.1, 0.15) is 4.21 Å². The highest BCUT2D eigenvalue weighted by Gasteiger charge is 2.16. The number of sulfonamides is 1. The molecule has 86 valence electrons. The molecule has 0 aliphatic carbocycles. The quantitative estimate of drug-likeness (QED) is 0.861. The second-order valence-corrected chi connectivity index (χ2v) is 6.37. The summed E-state index contributed by atoms with van der Waals surface area (Å²) in [6.07, 6.45) is 0. The average molecular weight is 256 g/mol. The summed E-state index contributed by atoms with van der Waals surface area (Å²) in [5.41, 5.74) is 5.27. The van der Waals surface area contributed by atoms with Crippen LogP contribution in [0.25, 0.3) is 10.1 Å². The van der Waals surface area contributed by atoms with E-state index in [0.29, 0.717) is 10.8 Å². The van der Waals surface area contributed by atoms with E-state index >= 15 is 0 Å². The summed E-state index contributed by atoms with van der Waals surface area (Å²) in [4.78, 5) is 0. The van der Waals surface area contributed by atoms with Gasteiger partial charge in [-0.25, -0.2) is 13.1 Å². The van der Waals surface area contributed by atoms with Gasteiger partial charge < -0.3 is 5.73 Å². The van der Waals surface area contributed by atoms with Crippen molar-refractivity contribution in [3.05, 3.63) is 30.3 Å². The molecule has 4 nitrogen and oxygen atoms in total. The van der Waals surface area contributed by atoms with Crippen LogP contribution in [0.15, 0.2) is 34.5 Å². The molecule has 0 amide bonds. The molecule has 1 aromatic heterocycles. The van der Waals surface area contributed by atoms with E-state index in [1.54, 1.807) is 6.07 Å². The zero-order chi connectivity index (χ0) is 11.6. The Morgan fingerprint density at radius 2 is 2.06 bits per heavy atom. The zero-order valence-corrected chi connectivity index (χ0v) is 10.1.